The Morgan fingerprint density at radius 3 is 2.32 bits per heavy atom. The summed E-state index contributed by atoms with van der Waals surface area (Å²) in [6.07, 6.45) is 8.53. The summed E-state index contributed by atoms with van der Waals surface area (Å²) in [5, 5.41) is 3.92. The van der Waals surface area contributed by atoms with Crippen LogP contribution < -0.4 is 10.2 Å². The fourth-order valence-corrected chi connectivity index (χ4v) is 7.47. The summed E-state index contributed by atoms with van der Waals surface area (Å²) in [5.41, 5.74) is 10.5. The van der Waals surface area contributed by atoms with Gasteiger partial charge in [-0.15, -0.1) is 0 Å². The van der Waals surface area contributed by atoms with Gasteiger partial charge in [-0.25, -0.2) is 9.97 Å². The molecule has 3 atom stereocenters. The molecule has 1 aromatic heterocycles. The number of hydrogen-bond acceptors (Lipinski definition) is 5. The van der Waals surface area contributed by atoms with Gasteiger partial charge in [0.15, 0.2) is 5.82 Å². The summed E-state index contributed by atoms with van der Waals surface area (Å²) in [5.74, 6) is 2.80. The average molecular weight is 509 g/mol. The molecule has 2 aromatic carbocycles. The van der Waals surface area contributed by atoms with Gasteiger partial charge in [0.2, 0.25) is 0 Å². The van der Waals surface area contributed by atoms with Gasteiger partial charge in [0.1, 0.15) is 5.82 Å². The number of nitrogens with zero attached hydrogens (tertiary/aromatic N) is 3. The van der Waals surface area contributed by atoms with Gasteiger partial charge in [-0.2, -0.15) is 0 Å². The van der Waals surface area contributed by atoms with E-state index in [0.717, 1.165) is 37.5 Å². The van der Waals surface area contributed by atoms with Crippen LogP contribution in [0, 0.1) is 20.8 Å². The SMILES string of the molecule is COC1CC2CCC(C1)N2c1nc(-c2c(C)cccc2C)nc2c1C(c1cc(C3CC3)ccc1C)NCC2. The normalized spacial score (nSPS) is 26.5. The third-order valence-corrected chi connectivity index (χ3v) is 9.64. The number of fused-ring (bicyclic) bond motifs is 3. The zero-order chi connectivity index (χ0) is 26.0. The summed E-state index contributed by atoms with van der Waals surface area (Å²) < 4.78 is 5.87. The van der Waals surface area contributed by atoms with Gasteiger partial charge >= 0.3 is 0 Å². The van der Waals surface area contributed by atoms with E-state index in [1.54, 1.807) is 0 Å². The quantitative estimate of drug-likeness (QED) is 0.437. The number of aryl methyl sites for hydroxylation is 3. The molecule has 0 spiro atoms. The number of methoxy groups -OCH3 is 1. The molecule has 5 nitrogen and oxygen atoms in total. The lowest BCUT2D eigenvalue weighted by atomic mass is 9.87. The lowest BCUT2D eigenvalue weighted by Gasteiger charge is -2.42. The highest BCUT2D eigenvalue weighted by atomic mass is 16.5. The van der Waals surface area contributed by atoms with Crippen molar-refractivity contribution in [1.29, 1.82) is 0 Å². The Kier molecular flexibility index (Phi) is 6.05. The molecule has 2 saturated heterocycles. The van der Waals surface area contributed by atoms with Gasteiger partial charge in [-0.3, -0.25) is 0 Å². The molecule has 38 heavy (non-hydrogen) atoms. The van der Waals surface area contributed by atoms with Crippen molar-refractivity contribution in [1.82, 2.24) is 15.3 Å². The van der Waals surface area contributed by atoms with Crippen LogP contribution in [0.5, 0.6) is 0 Å². The third-order valence-electron chi connectivity index (χ3n) is 9.64. The molecule has 0 amide bonds. The first kappa shape index (κ1) is 24.3. The van der Waals surface area contributed by atoms with Gasteiger partial charge in [0.25, 0.3) is 0 Å². The molecule has 4 aliphatic rings. The van der Waals surface area contributed by atoms with Crippen LogP contribution in [-0.2, 0) is 11.2 Å². The zero-order valence-electron chi connectivity index (χ0n) is 23.3. The molecule has 7 rings (SSSR count). The number of hydrogen-bond donors (Lipinski definition) is 1. The summed E-state index contributed by atoms with van der Waals surface area (Å²) in [6, 6.07) is 14.8. The molecular formula is C33H40N4O. The maximum atomic E-state index is 5.87. The highest BCUT2D eigenvalue weighted by Gasteiger charge is 2.44. The predicted molar refractivity (Wildman–Crippen MR) is 153 cm³/mol. The Labute approximate surface area is 227 Å². The molecule has 198 valence electrons. The minimum absolute atomic E-state index is 0.124. The molecule has 1 saturated carbocycles. The highest BCUT2D eigenvalue weighted by Crippen LogP contribution is 2.46. The van der Waals surface area contributed by atoms with Crippen LogP contribution >= 0.6 is 0 Å². The van der Waals surface area contributed by atoms with Crippen LogP contribution in [0.3, 0.4) is 0 Å². The van der Waals surface area contributed by atoms with Crippen molar-refractivity contribution < 1.29 is 4.74 Å². The summed E-state index contributed by atoms with van der Waals surface area (Å²) in [7, 11) is 1.88. The average Bonchev–Trinajstić information content (AvgIpc) is 3.73. The van der Waals surface area contributed by atoms with Crippen molar-refractivity contribution in [3.63, 3.8) is 0 Å². The fraction of sp³-hybridized carbons (Fsp3) is 0.515. The van der Waals surface area contributed by atoms with E-state index in [9.17, 15) is 0 Å². The van der Waals surface area contributed by atoms with Crippen molar-refractivity contribution >= 4 is 5.82 Å². The Balaban J connectivity index is 1.42. The number of rotatable bonds is 5. The number of benzene rings is 2. The largest absolute Gasteiger partial charge is 0.381 e. The summed E-state index contributed by atoms with van der Waals surface area (Å²) >= 11 is 0. The summed E-state index contributed by atoms with van der Waals surface area (Å²) in [6.45, 7) is 7.58. The Bertz CT molecular complexity index is 1350. The molecule has 1 N–H and O–H groups in total. The van der Waals surface area contributed by atoms with Crippen molar-refractivity contribution in [3.8, 4) is 11.4 Å². The van der Waals surface area contributed by atoms with E-state index in [1.807, 2.05) is 7.11 Å². The number of anilines is 1. The van der Waals surface area contributed by atoms with Gasteiger partial charge in [0.05, 0.1) is 17.8 Å². The van der Waals surface area contributed by atoms with E-state index in [-0.39, 0.29) is 6.04 Å². The zero-order valence-corrected chi connectivity index (χ0v) is 23.3. The minimum Gasteiger partial charge on any atom is -0.381 e. The van der Waals surface area contributed by atoms with Crippen LogP contribution in [0.2, 0.25) is 0 Å². The summed E-state index contributed by atoms with van der Waals surface area (Å²) in [4.78, 5) is 13.5. The predicted octanol–water partition coefficient (Wildman–Crippen LogP) is 6.33. The standard InChI is InChI=1S/C33H40N4O/c1-19-8-9-23(22-10-11-22)16-27(19)31-30-28(14-15-34-31)35-32(29-20(2)6-5-7-21(29)3)36-33(30)37-24-12-13-25(37)18-26(17-24)38-4/h5-9,16,22,24-26,31,34H,10-15,17-18H2,1-4H3. The smallest absolute Gasteiger partial charge is 0.162 e. The lowest BCUT2D eigenvalue weighted by Crippen LogP contribution is -2.47. The van der Waals surface area contributed by atoms with Gasteiger partial charge in [0, 0.05) is 43.3 Å². The van der Waals surface area contributed by atoms with Crippen molar-refractivity contribution in [2.45, 2.75) is 95.9 Å². The highest BCUT2D eigenvalue weighted by molar-refractivity contribution is 5.69. The van der Waals surface area contributed by atoms with Crippen LogP contribution in [-0.4, -0.2) is 41.8 Å². The molecular weight excluding hydrogens is 468 g/mol. The molecule has 2 bridgehead atoms. The van der Waals surface area contributed by atoms with E-state index in [4.69, 9.17) is 14.7 Å². The van der Waals surface area contributed by atoms with Crippen LogP contribution in [0.15, 0.2) is 36.4 Å². The van der Waals surface area contributed by atoms with Gasteiger partial charge < -0.3 is 15.0 Å². The number of aromatic nitrogens is 2. The monoisotopic (exact) mass is 508 g/mol. The van der Waals surface area contributed by atoms with E-state index in [2.05, 4.69) is 67.4 Å². The van der Waals surface area contributed by atoms with Crippen LogP contribution in [0.1, 0.15) is 89.6 Å². The molecule has 3 unspecified atom stereocenters. The van der Waals surface area contributed by atoms with Gasteiger partial charge in [-0.05, 0) is 93.0 Å². The topological polar surface area (TPSA) is 50.3 Å². The molecule has 3 aromatic rings. The number of piperidine rings is 1. The molecule has 4 heterocycles. The maximum absolute atomic E-state index is 5.87. The number of ether oxygens (including phenoxy) is 1. The van der Waals surface area contributed by atoms with E-state index >= 15 is 0 Å². The third kappa shape index (κ3) is 4.06. The second kappa shape index (κ2) is 9.46. The Hall–Kier alpha value is -2.76. The second-order valence-corrected chi connectivity index (χ2v) is 12.1. The molecule has 5 heteroatoms. The molecule has 0 radical (unpaired) electrons. The van der Waals surface area contributed by atoms with Crippen LogP contribution in [0.4, 0.5) is 5.82 Å². The van der Waals surface area contributed by atoms with Crippen molar-refractivity contribution in [3.05, 3.63) is 75.5 Å². The minimum atomic E-state index is 0.124. The van der Waals surface area contributed by atoms with E-state index in [1.165, 1.54) is 76.1 Å². The fourth-order valence-electron chi connectivity index (χ4n) is 7.47. The Morgan fingerprint density at radius 2 is 1.63 bits per heavy atom. The van der Waals surface area contributed by atoms with E-state index < -0.39 is 0 Å². The van der Waals surface area contributed by atoms with Crippen LogP contribution in [0.25, 0.3) is 11.4 Å². The van der Waals surface area contributed by atoms with Gasteiger partial charge in [-0.1, -0.05) is 36.4 Å². The Morgan fingerprint density at radius 1 is 0.895 bits per heavy atom. The molecule has 3 aliphatic heterocycles. The van der Waals surface area contributed by atoms with Crippen molar-refractivity contribution in [2.24, 2.45) is 0 Å². The maximum Gasteiger partial charge on any atom is 0.162 e. The van der Waals surface area contributed by atoms with E-state index in [0.29, 0.717) is 18.2 Å². The first-order chi connectivity index (χ1) is 18.5. The number of nitrogens with one attached hydrogen (secondary N) is 1. The lowest BCUT2D eigenvalue weighted by molar-refractivity contribution is 0.0681. The first-order valence-electron chi connectivity index (χ1n) is 14.6. The molecule has 3 fully saturated rings. The second-order valence-electron chi connectivity index (χ2n) is 12.1. The first-order valence-corrected chi connectivity index (χ1v) is 14.6. The molecule has 1 aliphatic carbocycles. The van der Waals surface area contributed by atoms with Crippen molar-refractivity contribution in [2.75, 3.05) is 18.6 Å².